The Kier molecular flexibility index (Phi) is 12.0. The molecule has 0 saturated heterocycles. The van der Waals surface area contributed by atoms with E-state index in [1.807, 2.05) is 30.0 Å². The van der Waals surface area contributed by atoms with Crippen molar-refractivity contribution in [3.8, 4) is 11.5 Å². The van der Waals surface area contributed by atoms with E-state index in [-0.39, 0.29) is 5.92 Å². The second-order valence-corrected chi connectivity index (χ2v) is 11.5. The van der Waals surface area contributed by atoms with Crippen LogP contribution in [0.3, 0.4) is 0 Å². The van der Waals surface area contributed by atoms with Crippen molar-refractivity contribution >= 4 is 17.7 Å². The maximum Gasteiger partial charge on any atom is 0.306 e. The van der Waals surface area contributed by atoms with Crippen molar-refractivity contribution < 1.29 is 20.1 Å². The maximum absolute atomic E-state index is 11.5. The van der Waals surface area contributed by atoms with Crippen molar-refractivity contribution in [3.05, 3.63) is 53.6 Å². The number of rotatable bonds is 16. The lowest BCUT2D eigenvalue weighted by atomic mass is 9.79. The van der Waals surface area contributed by atoms with Crippen LogP contribution in [0.2, 0.25) is 0 Å². The number of unbranched alkanes of at least 4 members (excludes halogenated alkanes) is 8. The van der Waals surface area contributed by atoms with Gasteiger partial charge >= 0.3 is 5.97 Å². The number of aliphatic carboxylic acids is 1. The Bertz CT molecular complexity index is 927. The van der Waals surface area contributed by atoms with Gasteiger partial charge in [-0.25, -0.2) is 0 Å². The summed E-state index contributed by atoms with van der Waals surface area (Å²) in [5.74, 6) is 1.64. The highest BCUT2D eigenvalue weighted by Gasteiger charge is 2.31. The van der Waals surface area contributed by atoms with Gasteiger partial charge in [-0.1, -0.05) is 89.3 Å². The van der Waals surface area contributed by atoms with Gasteiger partial charge in [0, 0.05) is 16.6 Å². The highest BCUT2D eigenvalue weighted by Crippen LogP contribution is 2.49. The molecule has 0 bridgehead atoms. The summed E-state index contributed by atoms with van der Waals surface area (Å²) in [5, 5.41) is 29.2. The van der Waals surface area contributed by atoms with E-state index in [9.17, 15) is 20.1 Å². The van der Waals surface area contributed by atoms with Gasteiger partial charge in [0.2, 0.25) is 0 Å². The van der Waals surface area contributed by atoms with Gasteiger partial charge in [-0.3, -0.25) is 4.79 Å². The van der Waals surface area contributed by atoms with Gasteiger partial charge in [0.05, 0.1) is 5.92 Å². The molecule has 0 aromatic heterocycles. The summed E-state index contributed by atoms with van der Waals surface area (Å²) in [5.41, 5.74) is 2.60. The molecule has 5 heteroatoms. The number of carbonyl (C=O) groups is 1. The number of thioether (sulfide) groups is 1. The molecule has 2 unspecified atom stereocenters. The van der Waals surface area contributed by atoms with Gasteiger partial charge < -0.3 is 15.3 Å². The predicted octanol–water partition coefficient (Wildman–Crippen LogP) is 8.86. The van der Waals surface area contributed by atoms with Crippen LogP contribution in [-0.4, -0.2) is 27.0 Å². The van der Waals surface area contributed by atoms with Crippen molar-refractivity contribution in [1.29, 1.82) is 0 Å². The topological polar surface area (TPSA) is 77.8 Å². The SMILES string of the molecule is CCCCCCC(CCCCCCCC[C@@H]1c2ccc(O)cc2SCC1c1ccc(O)cc1)C(=O)O. The lowest BCUT2D eigenvalue weighted by Crippen LogP contribution is -2.19. The third-order valence-electron chi connectivity index (χ3n) is 7.70. The minimum atomic E-state index is -0.617. The zero-order chi connectivity index (χ0) is 25.8. The number of hydrogen-bond donors (Lipinski definition) is 3. The second-order valence-electron chi connectivity index (χ2n) is 10.4. The van der Waals surface area contributed by atoms with Crippen LogP contribution in [0, 0.1) is 5.92 Å². The molecule has 36 heavy (non-hydrogen) atoms. The molecule has 0 fully saturated rings. The van der Waals surface area contributed by atoms with Crippen LogP contribution in [0.4, 0.5) is 0 Å². The first-order chi connectivity index (χ1) is 17.5. The third kappa shape index (κ3) is 8.76. The molecule has 1 heterocycles. The van der Waals surface area contributed by atoms with Crippen LogP contribution in [0.25, 0.3) is 0 Å². The molecule has 0 spiro atoms. The molecule has 1 aliphatic rings. The summed E-state index contributed by atoms with van der Waals surface area (Å²) in [6.45, 7) is 2.18. The highest BCUT2D eigenvalue weighted by atomic mass is 32.2. The molecule has 2 aromatic rings. The molecule has 3 rings (SSSR count). The Hall–Kier alpha value is -2.14. The first-order valence-corrected chi connectivity index (χ1v) is 15.0. The average molecular weight is 513 g/mol. The van der Waals surface area contributed by atoms with E-state index < -0.39 is 5.97 Å². The first-order valence-electron chi connectivity index (χ1n) is 14.0. The molecule has 198 valence electrons. The molecule has 0 aliphatic carbocycles. The van der Waals surface area contributed by atoms with Crippen molar-refractivity contribution in [1.82, 2.24) is 0 Å². The molecular formula is C31H44O4S. The van der Waals surface area contributed by atoms with Gasteiger partial charge in [-0.05, 0) is 60.6 Å². The van der Waals surface area contributed by atoms with Crippen LogP contribution in [-0.2, 0) is 4.79 Å². The molecule has 0 amide bonds. The lowest BCUT2D eigenvalue weighted by molar-refractivity contribution is -0.142. The zero-order valence-electron chi connectivity index (χ0n) is 21.8. The van der Waals surface area contributed by atoms with E-state index >= 15 is 0 Å². The largest absolute Gasteiger partial charge is 0.508 e. The first kappa shape index (κ1) is 28.4. The Balaban J connectivity index is 1.43. The van der Waals surface area contributed by atoms with Crippen molar-refractivity contribution in [2.24, 2.45) is 5.92 Å². The Labute approximate surface area is 221 Å². The average Bonchev–Trinajstić information content (AvgIpc) is 2.87. The monoisotopic (exact) mass is 512 g/mol. The minimum Gasteiger partial charge on any atom is -0.508 e. The summed E-state index contributed by atoms with van der Waals surface area (Å²) >= 11 is 1.81. The Morgan fingerprint density at radius 1 is 0.861 bits per heavy atom. The summed E-state index contributed by atoms with van der Waals surface area (Å²) in [6.07, 6.45) is 14.2. The van der Waals surface area contributed by atoms with E-state index in [0.717, 1.165) is 50.7 Å². The zero-order valence-corrected chi connectivity index (χ0v) is 22.6. The van der Waals surface area contributed by atoms with Crippen molar-refractivity contribution in [2.45, 2.75) is 107 Å². The number of phenolic OH excluding ortho intramolecular Hbond substituents is 2. The van der Waals surface area contributed by atoms with Gasteiger partial charge in [0.1, 0.15) is 11.5 Å². The smallest absolute Gasteiger partial charge is 0.306 e. The maximum atomic E-state index is 11.5. The van der Waals surface area contributed by atoms with E-state index in [0.29, 0.717) is 23.3 Å². The Morgan fingerprint density at radius 3 is 2.14 bits per heavy atom. The van der Waals surface area contributed by atoms with Crippen LogP contribution in [0.5, 0.6) is 11.5 Å². The quantitative estimate of drug-likeness (QED) is 0.196. The summed E-state index contributed by atoms with van der Waals surface area (Å²) in [6, 6.07) is 13.5. The number of phenols is 2. The van der Waals surface area contributed by atoms with Crippen molar-refractivity contribution in [2.75, 3.05) is 5.75 Å². The van der Waals surface area contributed by atoms with E-state index in [4.69, 9.17) is 0 Å². The number of aromatic hydroxyl groups is 2. The lowest BCUT2D eigenvalue weighted by Gasteiger charge is -2.34. The molecule has 2 aromatic carbocycles. The number of carboxylic acid groups (broad SMARTS) is 1. The summed E-state index contributed by atoms with van der Waals surface area (Å²) in [7, 11) is 0. The number of fused-ring (bicyclic) bond motifs is 1. The van der Waals surface area contributed by atoms with Gasteiger partial charge in [0.25, 0.3) is 0 Å². The Morgan fingerprint density at radius 2 is 1.47 bits per heavy atom. The molecule has 3 N–H and O–H groups in total. The molecule has 0 radical (unpaired) electrons. The van der Waals surface area contributed by atoms with Crippen LogP contribution in [0.1, 0.15) is 113 Å². The number of carboxylic acids is 1. The molecule has 3 atom stereocenters. The standard InChI is InChI=1S/C31H44O4S/c1-2-3-4-9-12-24(31(34)35)13-10-7-5-6-8-11-14-27-28-20-19-26(33)21-30(28)36-22-29(27)23-15-17-25(32)18-16-23/h15-21,24,27,29,32-33H,2-14,22H2,1H3,(H,34,35)/t24?,27-,29?/m1/s1. The normalized spacial score (nSPS) is 18.0. The fourth-order valence-corrected chi connectivity index (χ4v) is 6.92. The summed E-state index contributed by atoms with van der Waals surface area (Å²) < 4.78 is 0. The number of benzene rings is 2. The predicted molar refractivity (Wildman–Crippen MR) is 149 cm³/mol. The van der Waals surface area contributed by atoms with Crippen molar-refractivity contribution in [3.63, 3.8) is 0 Å². The van der Waals surface area contributed by atoms with Crippen LogP contribution >= 0.6 is 11.8 Å². The van der Waals surface area contributed by atoms with Gasteiger partial charge in [-0.15, -0.1) is 11.8 Å². The van der Waals surface area contributed by atoms with Gasteiger partial charge in [-0.2, -0.15) is 0 Å². The molecule has 0 saturated carbocycles. The minimum absolute atomic E-state index is 0.164. The summed E-state index contributed by atoms with van der Waals surface area (Å²) in [4.78, 5) is 12.7. The highest BCUT2D eigenvalue weighted by molar-refractivity contribution is 7.99. The third-order valence-corrected chi connectivity index (χ3v) is 8.89. The van der Waals surface area contributed by atoms with E-state index in [2.05, 4.69) is 13.0 Å². The fourth-order valence-electron chi connectivity index (χ4n) is 5.54. The molecule has 4 nitrogen and oxygen atoms in total. The molecule has 1 aliphatic heterocycles. The molecular weight excluding hydrogens is 468 g/mol. The van der Waals surface area contributed by atoms with E-state index in [1.54, 1.807) is 18.2 Å². The van der Waals surface area contributed by atoms with E-state index in [1.165, 1.54) is 54.5 Å². The van der Waals surface area contributed by atoms with Crippen LogP contribution in [0.15, 0.2) is 47.4 Å². The fraction of sp³-hybridized carbons (Fsp3) is 0.581. The van der Waals surface area contributed by atoms with Gasteiger partial charge in [0.15, 0.2) is 0 Å². The number of hydrogen-bond acceptors (Lipinski definition) is 4. The second kappa shape index (κ2) is 15.2. The van der Waals surface area contributed by atoms with Crippen LogP contribution < -0.4 is 0 Å².